The molecule has 6 nitrogen and oxygen atoms in total. The molecule has 0 aliphatic heterocycles. The van der Waals surface area contributed by atoms with Crippen LogP contribution in [-0.2, 0) is 40.5 Å². The highest BCUT2D eigenvalue weighted by Gasteiger charge is 2.51. The van der Waals surface area contributed by atoms with Gasteiger partial charge >= 0.3 is 0 Å². The molecule has 41 heavy (non-hydrogen) atoms. The molecule has 0 amide bonds. The zero-order chi connectivity index (χ0) is 28.3. The minimum Gasteiger partial charge on any atom is -0.389 e. The third-order valence-corrected chi connectivity index (χ3v) is 7.55. The normalized spacial score (nSPS) is 24.2. The number of hydrogen-bond acceptors (Lipinski definition) is 6. The van der Waals surface area contributed by atoms with Crippen LogP contribution in [0.3, 0.4) is 0 Å². The van der Waals surface area contributed by atoms with Gasteiger partial charge in [0.05, 0.1) is 25.9 Å². The van der Waals surface area contributed by atoms with Crippen LogP contribution in [0, 0.1) is 0 Å². The summed E-state index contributed by atoms with van der Waals surface area (Å²) in [6, 6.07) is 39.1. The Morgan fingerprint density at radius 2 is 0.805 bits per heavy atom. The van der Waals surface area contributed by atoms with E-state index in [2.05, 4.69) is 17.4 Å². The Balaban J connectivity index is 1.38. The van der Waals surface area contributed by atoms with Crippen molar-refractivity contribution in [3.05, 3.63) is 144 Å². The number of aliphatic hydroxyl groups is 2. The molecule has 1 fully saturated rings. The lowest BCUT2D eigenvalue weighted by molar-refractivity contribution is -0.240. The summed E-state index contributed by atoms with van der Waals surface area (Å²) >= 11 is 0. The Bertz CT molecular complexity index is 1220. The minimum absolute atomic E-state index is 0.298. The molecule has 0 radical (unpaired) electrons. The Kier molecular flexibility index (Phi) is 10.7. The van der Waals surface area contributed by atoms with E-state index >= 15 is 0 Å². The molecule has 3 N–H and O–H groups in total. The second kappa shape index (κ2) is 15.0. The Labute approximate surface area is 242 Å². The molecule has 5 rings (SSSR count). The lowest BCUT2D eigenvalue weighted by Crippen LogP contribution is -2.69. The number of hydrogen-bond donors (Lipinski definition) is 3. The van der Waals surface area contributed by atoms with Gasteiger partial charge in [0.15, 0.2) is 0 Å². The molecule has 0 heterocycles. The Hall–Kier alpha value is -3.36. The van der Waals surface area contributed by atoms with E-state index in [0.29, 0.717) is 26.4 Å². The average molecular weight is 554 g/mol. The first-order valence-corrected chi connectivity index (χ1v) is 14.3. The second-order valence-electron chi connectivity index (χ2n) is 10.5. The second-order valence-corrected chi connectivity index (χ2v) is 10.5. The van der Waals surface area contributed by atoms with Gasteiger partial charge in [-0.15, -0.1) is 0 Å². The van der Waals surface area contributed by atoms with Crippen molar-refractivity contribution >= 4 is 0 Å². The third-order valence-electron chi connectivity index (χ3n) is 7.55. The van der Waals surface area contributed by atoms with Crippen LogP contribution in [0.5, 0.6) is 0 Å². The predicted molar refractivity (Wildman–Crippen MR) is 159 cm³/mol. The van der Waals surface area contributed by atoms with Crippen molar-refractivity contribution in [1.29, 1.82) is 0 Å². The van der Waals surface area contributed by atoms with Crippen molar-refractivity contribution in [2.24, 2.45) is 0 Å². The zero-order valence-electron chi connectivity index (χ0n) is 23.2. The van der Waals surface area contributed by atoms with Gasteiger partial charge in [-0.1, -0.05) is 121 Å². The summed E-state index contributed by atoms with van der Waals surface area (Å²) in [5.74, 6) is 0. The van der Waals surface area contributed by atoms with E-state index in [9.17, 15) is 10.2 Å². The van der Waals surface area contributed by atoms with Crippen LogP contribution in [0.2, 0.25) is 0 Å². The van der Waals surface area contributed by atoms with Crippen LogP contribution in [-0.4, -0.2) is 53.3 Å². The van der Waals surface area contributed by atoms with Crippen LogP contribution in [0.15, 0.2) is 121 Å². The lowest BCUT2D eigenvalue weighted by Gasteiger charge is -2.47. The van der Waals surface area contributed by atoms with Gasteiger partial charge in [0.2, 0.25) is 0 Å². The van der Waals surface area contributed by atoms with Crippen molar-refractivity contribution < 1.29 is 24.4 Å². The third kappa shape index (κ3) is 8.11. The maximum Gasteiger partial charge on any atom is 0.115 e. The van der Waals surface area contributed by atoms with Gasteiger partial charge in [-0.3, -0.25) is 0 Å². The first-order valence-electron chi connectivity index (χ1n) is 14.3. The topological polar surface area (TPSA) is 80.2 Å². The quantitative estimate of drug-likeness (QED) is 0.223. The van der Waals surface area contributed by atoms with Crippen LogP contribution in [0.25, 0.3) is 0 Å². The summed E-state index contributed by atoms with van der Waals surface area (Å²) in [6.07, 6.45) is -3.48. The van der Waals surface area contributed by atoms with E-state index in [1.54, 1.807) is 0 Å². The molecular weight excluding hydrogens is 514 g/mol. The van der Waals surface area contributed by atoms with E-state index in [4.69, 9.17) is 14.2 Å². The van der Waals surface area contributed by atoms with Crippen LogP contribution < -0.4 is 5.32 Å². The molecule has 1 saturated carbocycles. The summed E-state index contributed by atoms with van der Waals surface area (Å²) in [5.41, 5.74) is 4.15. The van der Waals surface area contributed by atoms with E-state index in [1.807, 2.05) is 109 Å². The monoisotopic (exact) mass is 553 g/mol. The van der Waals surface area contributed by atoms with Gasteiger partial charge in [0.1, 0.15) is 30.5 Å². The Morgan fingerprint density at radius 3 is 1.20 bits per heavy atom. The molecular formula is C35H39NO5. The average Bonchev–Trinajstić information content (AvgIpc) is 3.03. The number of benzene rings is 4. The summed E-state index contributed by atoms with van der Waals surface area (Å²) < 4.78 is 19.2. The zero-order valence-corrected chi connectivity index (χ0v) is 23.2. The summed E-state index contributed by atoms with van der Waals surface area (Å²) in [5, 5.41) is 26.7. The lowest BCUT2D eigenvalue weighted by atomic mass is 9.82. The maximum absolute atomic E-state index is 11.7. The minimum atomic E-state index is -1.03. The predicted octanol–water partition coefficient (Wildman–Crippen LogP) is 4.68. The number of nitrogens with one attached hydrogen (secondary N) is 1. The fourth-order valence-electron chi connectivity index (χ4n) is 5.33. The van der Waals surface area contributed by atoms with Crippen molar-refractivity contribution in [3.63, 3.8) is 0 Å². The molecule has 0 spiro atoms. The molecule has 1 aliphatic carbocycles. The molecule has 0 bridgehead atoms. The molecule has 4 aromatic carbocycles. The van der Waals surface area contributed by atoms with Crippen LogP contribution in [0.1, 0.15) is 22.3 Å². The largest absolute Gasteiger partial charge is 0.389 e. The van der Waals surface area contributed by atoms with Gasteiger partial charge in [0.25, 0.3) is 0 Å². The summed E-state index contributed by atoms with van der Waals surface area (Å²) in [7, 11) is 0. The molecule has 0 saturated heterocycles. The number of ether oxygens (including phenoxy) is 3. The van der Waals surface area contributed by atoms with Gasteiger partial charge in [-0.2, -0.15) is 0 Å². The van der Waals surface area contributed by atoms with E-state index < -0.39 is 36.6 Å². The molecule has 6 atom stereocenters. The standard InChI is InChI=1S/C35H39NO5/c37-31-30(36-22-21-26-13-5-1-6-14-26)32(38)34(40-24-28-17-9-3-10-18-28)35(41-25-29-19-11-4-12-20-29)33(31)39-23-27-15-7-2-8-16-27/h1-20,30-38H,21-25H2/t30?,31-,32+,33+,34-,35?. The van der Waals surface area contributed by atoms with Gasteiger partial charge < -0.3 is 29.7 Å². The van der Waals surface area contributed by atoms with Gasteiger partial charge in [-0.05, 0) is 35.2 Å². The van der Waals surface area contributed by atoms with Crippen LogP contribution in [0.4, 0.5) is 0 Å². The van der Waals surface area contributed by atoms with Crippen molar-refractivity contribution in [3.8, 4) is 0 Å². The summed E-state index contributed by atoms with van der Waals surface area (Å²) in [4.78, 5) is 0. The highest BCUT2D eigenvalue weighted by atomic mass is 16.6. The molecule has 2 unspecified atom stereocenters. The van der Waals surface area contributed by atoms with Gasteiger partial charge in [0, 0.05) is 0 Å². The molecule has 4 aromatic rings. The van der Waals surface area contributed by atoms with E-state index in [-0.39, 0.29) is 0 Å². The fourth-order valence-corrected chi connectivity index (χ4v) is 5.33. The van der Waals surface area contributed by atoms with Gasteiger partial charge in [-0.25, -0.2) is 0 Å². The van der Waals surface area contributed by atoms with Crippen molar-refractivity contribution in [1.82, 2.24) is 5.32 Å². The number of rotatable bonds is 13. The van der Waals surface area contributed by atoms with E-state index in [0.717, 1.165) is 23.1 Å². The van der Waals surface area contributed by atoms with E-state index in [1.165, 1.54) is 5.56 Å². The van der Waals surface area contributed by atoms with Crippen molar-refractivity contribution in [2.45, 2.75) is 62.8 Å². The number of aliphatic hydroxyl groups excluding tert-OH is 2. The Morgan fingerprint density at radius 1 is 0.463 bits per heavy atom. The molecule has 6 heteroatoms. The molecule has 214 valence electrons. The van der Waals surface area contributed by atoms with Crippen molar-refractivity contribution in [2.75, 3.05) is 6.54 Å². The highest BCUT2D eigenvalue weighted by molar-refractivity contribution is 5.17. The van der Waals surface area contributed by atoms with Crippen LogP contribution >= 0.6 is 0 Å². The molecule has 1 aliphatic rings. The first kappa shape index (κ1) is 29.1. The maximum atomic E-state index is 11.7. The first-order chi connectivity index (χ1) is 20.2. The smallest absolute Gasteiger partial charge is 0.115 e. The SMILES string of the molecule is O[C@@H]1C(NCCc2ccccc2)[C@H](O)[C@@H](OCc2ccccc2)C(OCc2ccccc2)[C@H]1OCc1ccccc1. The summed E-state index contributed by atoms with van der Waals surface area (Å²) in [6.45, 7) is 1.47. The molecule has 0 aromatic heterocycles. The highest BCUT2D eigenvalue weighted by Crippen LogP contribution is 2.31. The fraction of sp³-hybridized carbons (Fsp3) is 0.314.